The first kappa shape index (κ1) is 12.3. The number of ether oxygens (including phenoxy) is 2. The molecule has 0 aromatic carbocycles. The summed E-state index contributed by atoms with van der Waals surface area (Å²) in [5.41, 5.74) is 0.802. The molecule has 2 unspecified atom stereocenters. The van der Waals surface area contributed by atoms with Crippen molar-refractivity contribution in [2.45, 2.75) is 44.5 Å². The van der Waals surface area contributed by atoms with Gasteiger partial charge in [0.2, 0.25) is 5.88 Å². The highest BCUT2D eigenvalue weighted by Crippen LogP contribution is 2.24. The maximum atomic E-state index is 8.92. The highest BCUT2D eigenvalue weighted by molar-refractivity contribution is 5.17. The Morgan fingerprint density at radius 2 is 2.18 bits per heavy atom. The Balaban J connectivity index is 1.90. The molecule has 1 aromatic heterocycles. The van der Waals surface area contributed by atoms with E-state index in [2.05, 4.69) is 4.98 Å². The lowest BCUT2D eigenvalue weighted by atomic mass is 9.95. The maximum Gasteiger partial charge on any atom is 0.213 e. The number of aromatic nitrogens is 1. The molecule has 0 aliphatic heterocycles. The van der Waals surface area contributed by atoms with E-state index < -0.39 is 0 Å². The van der Waals surface area contributed by atoms with E-state index >= 15 is 0 Å². The van der Waals surface area contributed by atoms with Gasteiger partial charge in [-0.15, -0.1) is 0 Å². The first-order chi connectivity index (χ1) is 8.31. The second kappa shape index (κ2) is 5.98. The summed E-state index contributed by atoms with van der Waals surface area (Å²) in [6.07, 6.45) is 6.40. The van der Waals surface area contributed by atoms with Crippen LogP contribution >= 0.6 is 0 Å². The fraction of sp³-hybridized carbons (Fsp3) is 0.615. The molecule has 2 rings (SSSR count). The second-order valence-electron chi connectivity index (χ2n) is 4.43. The maximum absolute atomic E-state index is 8.92. The molecule has 1 saturated carbocycles. The molecule has 1 aliphatic rings. The van der Waals surface area contributed by atoms with E-state index in [-0.39, 0.29) is 12.7 Å². The first-order valence-corrected chi connectivity index (χ1v) is 6.07. The van der Waals surface area contributed by atoms with Gasteiger partial charge in [0.05, 0.1) is 12.7 Å². The van der Waals surface area contributed by atoms with Crippen molar-refractivity contribution in [1.82, 2.24) is 4.98 Å². The SMILES string of the molecule is COC1CCCC(Oc2ccc(CO)cn2)C1. The summed E-state index contributed by atoms with van der Waals surface area (Å²) in [6.45, 7) is 0.0163. The van der Waals surface area contributed by atoms with Crippen LogP contribution < -0.4 is 4.74 Å². The van der Waals surface area contributed by atoms with Crippen molar-refractivity contribution >= 4 is 0 Å². The topological polar surface area (TPSA) is 51.6 Å². The molecule has 0 spiro atoms. The Morgan fingerprint density at radius 1 is 1.35 bits per heavy atom. The number of aliphatic hydroxyl groups excluding tert-OH is 1. The molecule has 1 aromatic rings. The van der Waals surface area contributed by atoms with Gasteiger partial charge in [0.15, 0.2) is 0 Å². The van der Waals surface area contributed by atoms with Crippen LogP contribution in [0.5, 0.6) is 5.88 Å². The van der Waals surface area contributed by atoms with Crippen LogP contribution in [-0.4, -0.2) is 29.4 Å². The summed E-state index contributed by atoms with van der Waals surface area (Å²) < 4.78 is 11.2. The van der Waals surface area contributed by atoms with Gasteiger partial charge < -0.3 is 14.6 Å². The van der Waals surface area contributed by atoms with Crippen molar-refractivity contribution < 1.29 is 14.6 Å². The van der Waals surface area contributed by atoms with Crippen LogP contribution in [0.3, 0.4) is 0 Å². The number of nitrogens with zero attached hydrogens (tertiary/aromatic N) is 1. The molecule has 1 N–H and O–H groups in total. The molecule has 17 heavy (non-hydrogen) atoms. The summed E-state index contributed by atoms with van der Waals surface area (Å²) in [7, 11) is 1.75. The van der Waals surface area contributed by atoms with Gasteiger partial charge in [-0.2, -0.15) is 0 Å². The van der Waals surface area contributed by atoms with Gasteiger partial charge >= 0.3 is 0 Å². The number of hydrogen-bond acceptors (Lipinski definition) is 4. The third kappa shape index (κ3) is 3.41. The monoisotopic (exact) mass is 237 g/mol. The lowest BCUT2D eigenvalue weighted by molar-refractivity contribution is 0.0195. The summed E-state index contributed by atoms with van der Waals surface area (Å²) >= 11 is 0. The van der Waals surface area contributed by atoms with Crippen LogP contribution in [0.4, 0.5) is 0 Å². The molecule has 0 amide bonds. The van der Waals surface area contributed by atoms with Crippen LogP contribution in [0.25, 0.3) is 0 Å². The first-order valence-electron chi connectivity index (χ1n) is 6.07. The molecule has 1 aliphatic carbocycles. The van der Waals surface area contributed by atoms with E-state index in [1.807, 2.05) is 12.1 Å². The van der Waals surface area contributed by atoms with Crippen molar-refractivity contribution in [3.05, 3.63) is 23.9 Å². The van der Waals surface area contributed by atoms with Crippen LogP contribution in [0.1, 0.15) is 31.2 Å². The number of aliphatic hydroxyl groups is 1. The lowest BCUT2D eigenvalue weighted by Crippen LogP contribution is -2.29. The van der Waals surface area contributed by atoms with Crippen LogP contribution in [-0.2, 0) is 11.3 Å². The molecule has 0 bridgehead atoms. The highest BCUT2D eigenvalue weighted by atomic mass is 16.5. The van der Waals surface area contributed by atoms with Crippen molar-refractivity contribution in [2.75, 3.05) is 7.11 Å². The number of methoxy groups -OCH3 is 1. The molecule has 4 heteroatoms. The minimum atomic E-state index is 0.0163. The Hall–Kier alpha value is -1.13. The molecular formula is C13H19NO3. The third-order valence-corrected chi connectivity index (χ3v) is 3.18. The van der Waals surface area contributed by atoms with E-state index in [1.165, 1.54) is 0 Å². The highest BCUT2D eigenvalue weighted by Gasteiger charge is 2.23. The van der Waals surface area contributed by atoms with Crippen LogP contribution in [0, 0.1) is 0 Å². The normalized spacial score (nSPS) is 24.6. The molecule has 0 saturated heterocycles. The van der Waals surface area contributed by atoms with Gasteiger partial charge in [0, 0.05) is 25.8 Å². The molecule has 94 valence electrons. The lowest BCUT2D eigenvalue weighted by Gasteiger charge is -2.28. The predicted molar refractivity (Wildman–Crippen MR) is 63.8 cm³/mol. The molecule has 1 fully saturated rings. The summed E-state index contributed by atoms with van der Waals surface area (Å²) in [4.78, 5) is 4.17. The zero-order valence-corrected chi connectivity index (χ0v) is 10.1. The van der Waals surface area contributed by atoms with Gasteiger partial charge in [-0.3, -0.25) is 0 Å². The Kier molecular flexibility index (Phi) is 4.34. The smallest absolute Gasteiger partial charge is 0.213 e. The molecule has 4 nitrogen and oxygen atoms in total. The largest absolute Gasteiger partial charge is 0.474 e. The average Bonchev–Trinajstić information content (AvgIpc) is 2.40. The van der Waals surface area contributed by atoms with Gasteiger partial charge in [0.25, 0.3) is 0 Å². The molecule has 1 heterocycles. The zero-order chi connectivity index (χ0) is 12.1. The zero-order valence-electron chi connectivity index (χ0n) is 10.1. The van der Waals surface area contributed by atoms with Gasteiger partial charge in [0.1, 0.15) is 6.10 Å². The number of pyridine rings is 1. The van der Waals surface area contributed by atoms with Gasteiger partial charge in [-0.25, -0.2) is 4.98 Å². The quantitative estimate of drug-likeness (QED) is 0.869. The molecule has 0 radical (unpaired) electrons. The Morgan fingerprint density at radius 3 is 2.82 bits per heavy atom. The Labute approximate surface area is 102 Å². The summed E-state index contributed by atoms with van der Waals surface area (Å²) in [6, 6.07) is 3.64. The van der Waals surface area contributed by atoms with Crippen molar-refractivity contribution in [2.24, 2.45) is 0 Å². The Bertz CT molecular complexity index is 339. The third-order valence-electron chi connectivity index (χ3n) is 3.18. The minimum Gasteiger partial charge on any atom is -0.474 e. The van der Waals surface area contributed by atoms with Gasteiger partial charge in [-0.1, -0.05) is 0 Å². The molecular weight excluding hydrogens is 218 g/mol. The van der Waals surface area contributed by atoms with E-state index in [4.69, 9.17) is 14.6 Å². The van der Waals surface area contributed by atoms with E-state index in [0.29, 0.717) is 12.0 Å². The van der Waals surface area contributed by atoms with Crippen LogP contribution in [0.2, 0.25) is 0 Å². The molecule has 2 atom stereocenters. The van der Waals surface area contributed by atoms with Crippen molar-refractivity contribution in [3.8, 4) is 5.88 Å². The van der Waals surface area contributed by atoms with E-state index in [9.17, 15) is 0 Å². The fourth-order valence-electron chi connectivity index (χ4n) is 2.17. The standard InChI is InChI=1S/C13H19NO3/c1-16-11-3-2-4-12(7-11)17-13-6-5-10(9-15)8-14-13/h5-6,8,11-12,15H,2-4,7,9H2,1H3. The number of hydrogen-bond donors (Lipinski definition) is 1. The van der Waals surface area contributed by atoms with Crippen molar-refractivity contribution in [1.29, 1.82) is 0 Å². The second-order valence-corrected chi connectivity index (χ2v) is 4.43. The van der Waals surface area contributed by atoms with E-state index in [0.717, 1.165) is 31.2 Å². The van der Waals surface area contributed by atoms with E-state index in [1.54, 1.807) is 13.3 Å². The van der Waals surface area contributed by atoms with Gasteiger partial charge in [-0.05, 0) is 30.9 Å². The number of rotatable bonds is 4. The minimum absolute atomic E-state index is 0.0163. The summed E-state index contributed by atoms with van der Waals surface area (Å²) in [5.74, 6) is 0.629. The fourth-order valence-corrected chi connectivity index (χ4v) is 2.17. The van der Waals surface area contributed by atoms with Crippen molar-refractivity contribution in [3.63, 3.8) is 0 Å². The average molecular weight is 237 g/mol. The summed E-state index contributed by atoms with van der Waals surface area (Å²) in [5, 5.41) is 8.92. The predicted octanol–water partition coefficient (Wildman–Crippen LogP) is 1.91. The van der Waals surface area contributed by atoms with Crippen LogP contribution in [0.15, 0.2) is 18.3 Å².